The van der Waals surface area contributed by atoms with Gasteiger partial charge in [-0.3, -0.25) is 9.82 Å². The molecule has 2 aromatic heterocycles. The standard InChI is InChI=1S/C19H11ClIN5O3S2/c20-13-1-3-17(15(6-13)12-8-24-25-9-12)29-16-4-2-14(5-11(16)7-22)31(27,28)26-19-23-10-18(21)30-19/h1-6,8-10H,(H,23,26)(H,24,25). The van der Waals surface area contributed by atoms with Crippen molar-refractivity contribution in [1.29, 1.82) is 5.26 Å². The Morgan fingerprint density at radius 1 is 1.19 bits per heavy atom. The van der Waals surface area contributed by atoms with Crippen molar-refractivity contribution in [2.45, 2.75) is 4.90 Å². The minimum atomic E-state index is -3.91. The highest BCUT2D eigenvalue weighted by atomic mass is 127. The molecule has 4 rings (SSSR count). The van der Waals surface area contributed by atoms with Gasteiger partial charge in [-0.25, -0.2) is 13.4 Å². The monoisotopic (exact) mass is 583 g/mol. The Bertz CT molecular complexity index is 1400. The second kappa shape index (κ2) is 8.83. The Hall–Kier alpha value is -2.66. The molecule has 2 heterocycles. The number of nitrogens with one attached hydrogen (secondary N) is 2. The number of rotatable bonds is 6. The van der Waals surface area contributed by atoms with Crippen molar-refractivity contribution in [3.63, 3.8) is 0 Å². The number of nitrogens with zero attached hydrogens (tertiary/aromatic N) is 3. The van der Waals surface area contributed by atoms with E-state index in [9.17, 15) is 13.7 Å². The first-order valence-corrected chi connectivity index (χ1v) is 12.3. The van der Waals surface area contributed by atoms with Gasteiger partial charge in [0.05, 0.1) is 25.7 Å². The van der Waals surface area contributed by atoms with Gasteiger partial charge in [-0.2, -0.15) is 10.4 Å². The van der Waals surface area contributed by atoms with E-state index in [1.54, 1.807) is 36.8 Å². The molecule has 31 heavy (non-hydrogen) atoms. The maximum Gasteiger partial charge on any atom is 0.263 e. The van der Waals surface area contributed by atoms with Gasteiger partial charge in [0.25, 0.3) is 10.0 Å². The van der Waals surface area contributed by atoms with Crippen molar-refractivity contribution in [3.8, 4) is 28.7 Å². The number of anilines is 1. The second-order valence-electron chi connectivity index (χ2n) is 6.07. The third kappa shape index (κ3) is 4.82. The van der Waals surface area contributed by atoms with Crippen LogP contribution < -0.4 is 9.46 Å². The lowest BCUT2D eigenvalue weighted by molar-refractivity contribution is 0.482. The van der Waals surface area contributed by atoms with Gasteiger partial charge in [0.1, 0.15) is 17.6 Å². The highest BCUT2D eigenvalue weighted by molar-refractivity contribution is 14.1. The van der Waals surface area contributed by atoms with Crippen molar-refractivity contribution >= 4 is 60.7 Å². The maximum atomic E-state index is 12.7. The Kier molecular flexibility index (Phi) is 6.15. The van der Waals surface area contributed by atoms with E-state index in [-0.39, 0.29) is 21.3 Å². The van der Waals surface area contributed by atoms with Crippen LogP contribution in [-0.4, -0.2) is 23.6 Å². The first-order valence-electron chi connectivity index (χ1n) is 8.50. The molecule has 8 nitrogen and oxygen atoms in total. The number of benzene rings is 2. The quantitative estimate of drug-likeness (QED) is 0.299. The molecule has 0 fully saturated rings. The number of halogens is 2. The molecule has 156 valence electrons. The molecule has 0 atom stereocenters. The first-order chi connectivity index (χ1) is 14.9. The number of nitriles is 1. The van der Waals surface area contributed by atoms with Gasteiger partial charge in [-0.1, -0.05) is 22.9 Å². The lowest BCUT2D eigenvalue weighted by Gasteiger charge is -2.13. The maximum absolute atomic E-state index is 12.7. The van der Waals surface area contributed by atoms with Crippen LogP contribution in [0.3, 0.4) is 0 Å². The molecular formula is C19H11ClIN5O3S2. The third-order valence-corrected chi connectivity index (χ3v) is 7.39. The van der Waals surface area contributed by atoms with Gasteiger partial charge >= 0.3 is 0 Å². The number of sulfonamides is 1. The summed E-state index contributed by atoms with van der Waals surface area (Å²) in [4.78, 5) is 3.92. The van der Waals surface area contributed by atoms with Crippen molar-refractivity contribution in [2.75, 3.05) is 4.72 Å². The Morgan fingerprint density at radius 3 is 2.68 bits per heavy atom. The van der Waals surface area contributed by atoms with E-state index < -0.39 is 10.0 Å². The molecule has 2 aromatic carbocycles. The predicted molar refractivity (Wildman–Crippen MR) is 126 cm³/mol. The molecule has 4 aromatic rings. The van der Waals surface area contributed by atoms with Crippen molar-refractivity contribution < 1.29 is 13.2 Å². The van der Waals surface area contributed by atoms with Gasteiger partial charge in [0, 0.05) is 22.3 Å². The van der Waals surface area contributed by atoms with Crippen molar-refractivity contribution in [2.24, 2.45) is 0 Å². The summed E-state index contributed by atoms with van der Waals surface area (Å²) in [6.07, 6.45) is 4.86. The largest absolute Gasteiger partial charge is 0.455 e. The van der Waals surface area contributed by atoms with Crippen LogP contribution in [0, 0.1) is 14.2 Å². The number of hydrogen-bond donors (Lipinski definition) is 2. The van der Waals surface area contributed by atoms with Gasteiger partial charge in [-0.05, 0) is 59.0 Å². The predicted octanol–water partition coefficient (Wildman–Crippen LogP) is 5.26. The van der Waals surface area contributed by atoms with Crippen LogP contribution >= 0.6 is 45.5 Å². The zero-order valence-electron chi connectivity index (χ0n) is 15.3. The molecule has 0 saturated carbocycles. The summed E-state index contributed by atoms with van der Waals surface area (Å²) in [5.74, 6) is 0.644. The summed E-state index contributed by atoms with van der Waals surface area (Å²) < 4.78 is 34.5. The van der Waals surface area contributed by atoms with Crippen molar-refractivity contribution in [3.05, 3.63) is 68.5 Å². The minimum absolute atomic E-state index is 0.0599. The summed E-state index contributed by atoms with van der Waals surface area (Å²) in [6.45, 7) is 0. The molecule has 12 heteroatoms. The molecule has 0 spiro atoms. The van der Waals surface area contributed by atoms with Crippen LogP contribution in [0.5, 0.6) is 11.5 Å². The minimum Gasteiger partial charge on any atom is -0.455 e. The number of hydrogen-bond acceptors (Lipinski definition) is 7. The first kappa shape index (κ1) is 21.6. The molecule has 0 amide bonds. The van der Waals surface area contributed by atoms with Crippen molar-refractivity contribution in [1.82, 2.24) is 15.2 Å². The Balaban J connectivity index is 1.67. The fraction of sp³-hybridized carbons (Fsp3) is 0. The normalized spacial score (nSPS) is 11.1. The molecule has 2 N–H and O–H groups in total. The van der Waals surface area contributed by atoms with E-state index in [1.807, 2.05) is 28.7 Å². The van der Waals surface area contributed by atoms with Gasteiger partial charge in [0.2, 0.25) is 0 Å². The summed E-state index contributed by atoms with van der Waals surface area (Å²) >= 11 is 9.37. The van der Waals surface area contributed by atoms with E-state index >= 15 is 0 Å². The van der Waals surface area contributed by atoms with Gasteiger partial charge < -0.3 is 4.74 Å². The zero-order chi connectivity index (χ0) is 22.0. The number of thiazole rings is 1. The molecular weight excluding hydrogens is 573 g/mol. The number of aromatic amines is 1. The average molecular weight is 584 g/mol. The van der Waals surface area contributed by atoms with E-state index in [2.05, 4.69) is 19.9 Å². The third-order valence-electron chi connectivity index (χ3n) is 4.05. The molecule has 0 aliphatic carbocycles. The second-order valence-corrected chi connectivity index (χ2v) is 11.1. The van der Waals surface area contributed by atoms with Crippen LogP contribution in [0.2, 0.25) is 5.02 Å². The van der Waals surface area contributed by atoms with E-state index in [0.29, 0.717) is 16.3 Å². The topological polar surface area (TPSA) is 121 Å². The van der Waals surface area contributed by atoms with Gasteiger partial charge in [-0.15, -0.1) is 0 Å². The fourth-order valence-electron chi connectivity index (χ4n) is 2.66. The number of ether oxygens (including phenoxy) is 1. The highest BCUT2D eigenvalue weighted by Gasteiger charge is 2.19. The number of H-pyrrole nitrogens is 1. The molecule has 0 aliphatic rings. The van der Waals surface area contributed by atoms with E-state index in [1.165, 1.54) is 29.5 Å². The Labute approximate surface area is 200 Å². The fourth-order valence-corrected chi connectivity index (χ4v) is 5.41. The van der Waals surface area contributed by atoms with E-state index in [4.69, 9.17) is 16.3 Å². The smallest absolute Gasteiger partial charge is 0.263 e. The number of aromatic nitrogens is 3. The van der Waals surface area contributed by atoms with Gasteiger partial charge in [0.15, 0.2) is 5.13 Å². The summed E-state index contributed by atoms with van der Waals surface area (Å²) in [7, 11) is -3.91. The molecule has 0 unspecified atom stereocenters. The van der Waals surface area contributed by atoms with Crippen LogP contribution in [0.25, 0.3) is 11.1 Å². The van der Waals surface area contributed by atoms with Crippen LogP contribution in [0.4, 0.5) is 5.13 Å². The molecule has 0 aliphatic heterocycles. The summed E-state index contributed by atoms with van der Waals surface area (Å²) in [5.41, 5.74) is 1.48. The molecule has 0 saturated heterocycles. The summed E-state index contributed by atoms with van der Waals surface area (Å²) in [6, 6.07) is 11.1. The molecule has 0 radical (unpaired) electrons. The van der Waals surface area contributed by atoms with Crippen LogP contribution in [-0.2, 0) is 10.0 Å². The van der Waals surface area contributed by atoms with Crippen LogP contribution in [0.1, 0.15) is 5.56 Å². The SMILES string of the molecule is N#Cc1cc(S(=O)(=O)Nc2ncc(I)s2)ccc1Oc1ccc(Cl)cc1-c1cn[nH]c1. The van der Waals surface area contributed by atoms with Crippen LogP contribution in [0.15, 0.2) is 59.9 Å². The van der Waals surface area contributed by atoms with E-state index in [0.717, 1.165) is 8.45 Å². The zero-order valence-corrected chi connectivity index (χ0v) is 19.9. The highest BCUT2D eigenvalue weighted by Crippen LogP contribution is 2.36. The lowest BCUT2D eigenvalue weighted by atomic mass is 10.1. The average Bonchev–Trinajstić information content (AvgIpc) is 3.41. The molecule has 0 bridgehead atoms. The summed E-state index contributed by atoms with van der Waals surface area (Å²) in [5, 5.41) is 17.0. The lowest BCUT2D eigenvalue weighted by Crippen LogP contribution is -2.13. The Morgan fingerprint density at radius 2 is 2.00 bits per heavy atom.